The topological polar surface area (TPSA) is 112 Å². The Morgan fingerprint density at radius 2 is 1.64 bits per heavy atom. The van der Waals surface area contributed by atoms with Gasteiger partial charge in [-0.15, -0.1) is 0 Å². The molecule has 2 unspecified atom stereocenters. The Bertz CT molecular complexity index is 1040. The third-order valence-electron chi connectivity index (χ3n) is 5.24. The molecule has 0 heterocycles. The number of anilines is 2. The highest BCUT2D eigenvalue weighted by Crippen LogP contribution is 2.40. The van der Waals surface area contributed by atoms with Gasteiger partial charge in [-0.1, -0.05) is 19.1 Å². The predicted molar refractivity (Wildman–Crippen MR) is 122 cm³/mol. The first-order chi connectivity index (χ1) is 15.9. The van der Waals surface area contributed by atoms with E-state index in [0.717, 1.165) is 6.42 Å². The van der Waals surface area contributed by atoms with Gasteiger partial charge in [0.2, 0.25) is 5.91 Å². The fraction of sp³-hybridized carbons (Fsp3) is 0.375. The summed E-state index contributed by atoms with van der Waals surface area (Å²) in [6.45, 7) is 3.73. The van der Waals surface area contributed by atoms with Crippen molar-refractivity contribution in [2.45, 2.75) is 20.3 Å². The molecule has 0 saturated heterocycles. The SMILES string of the molecule is CCOc1ccccc1NC(=O)COC(=O)c1cc(OC)c(OC)cc1NC(=O)C1CC1C. The molecule has 176 valence electrons. The molecule has 0 bridgehead atoms. The molecule has 9 heteroatoms. The highest BCUT2D eigenvalue weighted by Gasteiger charge is 2.39. The lowest BCUT2D eigenvalue weighted by molar-refractivity contribution is -0.119. The molecule has 0 aromatic heterocycles. The maximum Gasteiger partial charge on any atom is 0.340 e. The lowest BCUT2D eigenvalue weighted by atomic mass is 10.1. The van der Waals surface area contributed by atoms with Gasteiger partial charge in [0.1, 0.15) is 5.75 Å². The van der Waals surface area contributed by atoms with E-state index in [0.29, 0.717) is 29.7 Å². The van der Waals surface area contributed by atoms with Gasteiger partial charge in [0, 0.05) is 18.1 Å². The molecule has 2 N–H and O–H groups in total. The molecule has 2 atom stereocenters. The van der Waals surface area contributed by atoms with Crippen LogP contribution in [0.5, 0.6) is 17.2 Å². The summed E-state index contributed by atoms with van der Waals surface area (Å²) in [4.78, 5) is 37.6. The lowest BCUT2D eigenvalue weighted by Gasteiger charge is -2.15. The van der Waals surface area contributed by atoms with Crippen molar-refractivity contribution < 1.29 is 33.3 Å². The highest BCUT2D eigenvalue weighted by atomic mass is 16.5. The number of nitrogens with one attached hydrogen (secondary N) is 2. The monoisotopic (exact) mass is 456 g/mol. The second-order valence-corrected chi connectivity index (χ2v) is 7.61. The zero-order chi connectivity index (χ0) is 24.0. The number of para-hydroxylation sites is 2. The number of carbonyl (C=O) groups is 3. The molecule has 0 spiro atoms. The molecule has 1 aliphatic rings. The van der Waals surface area contributed by atoms with Gasteiger partial charge in [0.05, 0.1) is 37.8 Å². The third kappa shape index (κ3) is 5.94. The van der Waals surface area contributed by atoms with Crippen molar-refractivity contribution >= 4 is 29.2 Å². The summed E-state index contributed by atoms with van der Waals surface area (Å²) in [5, 5.41) is 5.43. The first kappa shape index (κ1) is 23.9. The highest BCUT2D eigenvalue weighted by molar-refractivity contribution is 6.04. The van der Waals surface area contributed by atoms with E-state index in [9.17, 15) is 14.4 Å². The summed E-state index contributed by atoms with van der Waals surface area (Å²) in [5.74, 6) is -0.164. The summed E-state index contributed by atoms with van der Waals surface area (Å²) < 4.78 is 21.2. The van der Waals surface area contributed by atoms with Crippen molar-refractivity contribution in [3.63, 3.8) is 0 Å². The maximum absolute atomic E-state index is 12.8. The largest absolute Gasteiger partial charge is 0.493 e. The van der Waals surface area contributed by atoms with Crippen LogP contribution >= 0.6 is 0 Å². The second kappa shape index (κ2) is 10.7. The van der Waals surface area contributed by atoms with E-state index in [1.165, 1.54) is 26.4 Å². The van der Waals surface area contributed by atoms with Crippen molar-refractivity contribution in [2.75, 3.05) is 38.1 Å². The molecule has 1 aliphatic carbocycles. The molecule has 2 amide bonds. The minimum atomic E-state index is -0.789. The van der Waals surface area contributed by atoms with Gasteiger partial charge in [-0.25, -0.2) is 4.79 Å². The van der Waals surface area contributed by atoms with E-state index < -0.39 is 18.5 Å². The standard InChI is InChI=1S/C24H28N2O7/c1-5-32-19-9-7-6-8-17(19)25-22(27)13-33-24(29)16-11-20(30-3)21(31-4)12-18(16)26-23(28)15-10-14(15)2/h6-9,11-12,14-15H,5,10,13H2,1-4H3,(H,25,27)(H,26,28). The van der Waals surface area contributed by atoms with Crippen LogP contribution in [0.2, 0.25) is 0 Å². The molecule has 9 nitrogen and oxygen atoms in total. The van der Waals surface area contributed by atoms with Gasteiger partial charge in [0.15, 0.2) is 18.1 Å². The van der Waals surface area contributed by atoms with E-state index in [1.54, 1.807) is 24.3 Å². The van der Waals surface area contributed by atoms with E-state index in [4.69, 9.17) is 18.9 Å². The zero-order valence-electron chi connectivity index (χ0n) is 19.1. The molecule has 0 aliphatic heterocycles. The quantitative estimate of drug-likeness (QED) is 0.526. The Morgan fingerprint density at radius 3 is 2.27 bits per heavy atom. The van der Waals surface area contributed by atoms with Gasteiger partial charge >= 0.3 is 5.97 Å². The van der Waals surface area contributed by atoms with Gasteiger partial charge in [0.25, 0.3) is 5.91 Å². The minimum absolute atomic E-state index is 0.0526. The number of methoxy groups -OCH3 is 2. The summed E-state index contributed by atoms with van der Waals surface area (Å²) >= 11 is 0. The second-order valence-electron chi connectivity index (χ2n) is 7.61. The zero-order valence-corrected chi connectivity index (χ0v) is 19.1. The normalized spacial score (nSPS) is 16.4. The summed E-state index contributed by atoms with van der Waals surface area (Å²) in [5.41, 5.74) is 0.749. The van der Waals surface area contributed by atoms with Gasteiger partial charge < -0.3 is 29.6 Å². The Morgan fingerprint density at radius 1 is 0.970 bits per heavy atom. The van der Waals surface area contributed by atoms with Crippen LogP contribution in [0.1, 0.15) is 30.6 Å². The van der Waals surface area contributed by atoms with Crippen molar-refractivity contribution in [1.29, 1.82) is 0 Å². The number of hydrogen-bond donors (Lipinski definition) is 2. The van der Waals surface area contributed by atoms with Gasteiger partial charge in [-0.3, -0.25) is 9.59 Å². The Labute approximate surface area is 192 Å². The number of amides is 2. The molecular formula is C24H28N2O7. The molecule has 1 fully saturated rings. The van der Waals surface area contributed by atoms with Crippen molar-refractivity contribution in [3.8, 4) is 17.2 Å². The van der Waals surface area contributed by atoms with Crippen LogP contribution in [0.25, 0.3) is 0 Å². The Hall–Kier alpha value is -3.75. The van der Waals surface area contributed by atoms with Crippen LogP contribution in [0.15, 0.2) is 36.4 Å². The molecule has 0 radical (unpaired) electrons. The van der Waals surface area contributed by atoms with E-state index >= 15 is 0 Å². The van der Waals surface area contributed by atoms with Gasteiger partial charge in [-0.2, -0.15) is 0 Å². The number of esters is 1. The number of hydrogen-bond acceptors (Lipinski definition) is 7. The predicted octanol–water partition coefficient (Wildman–Crippen LogP) is 3.49. The van der Waals surface area contributed by atoms with Crippen molar-refractivity contribution in [1.82, 2.24) is 0 Å². The van der Waals surface area contributed by atoms with Crippen molar-refractivity contribution in [2.24, 2.45) is 11.8 Å². The lowest BCUT2D eigenvalue weighted by Crippen LogP contribution is -2.23. The van der Waals surface area contributed by atoms with E-state index in [-0.39, 0.29) is 28.8 Å². The summed E-state index contributed by atoms with van der Waals surface area (Å²) in [6.07, 6.45) is 0.794. The molecule has 2 aromatic carbocycles. The minimum Gasteiger partial charge on any atom is -0.493 e. The summed E-state index contributed by atoms with van der Waals surface area (Å²) in [6, 6.07) is 9.86. The smallest absolute Gasteiger partial charge is 0.340 e. The number of ether oxygens (including phenoxy) is 4. The van der Waals surface area contributed by atoms with Gasteiger partial charge in [-0.05, 0) is 31.4 Å². The number of carbonyl (C=O) groups excluding carboxylic acids is 3. The molecule has 2 aromatic rings. The van der Waals surface area contributed by atoms with Crippen LogP contribution < -0.4 is 24.8 Å². The summed E-state index contributed by atoms with van der Waals surface area (Å²) in [7, 11) is 2.88. The average Bonchev–Trinajstić information content (AvgIpc) is 3.55. The fourth-order valence-corrected chi connectivity index (χ4v) is 3.31. The first-order valence-electron chi connectivity index (χ1n) is 10.6. The molecule has 3 rings (SSSR count). The average molecular weight is 456 g/mol. The van der Waals surface area contributed by atoms with E-state index in [2.05, 4.69) is 10.6 Å². The third-order valence-corrected chi connectivity index (χ3v) is 5.24. The molecule has 33 heavy (non-hydrogen) atoms. The van der Waals surface area contributed by atoms with Crippen LogP contribution in [0.3, 0.4) is 0 Å². The number of benzene rings is 2. The first-order valence-corrected chi connectivity index (χ1v) is 10.6. The Balaban J connectivity index is 1.72. The number of rotatable bonds is 10. The fourth-order valence-electron chi connectivity index (χ4n) is 3.31. The van der Waals surface area contributed by atoms with Crippen LogP contribution in [-0.4, -0.2) is 45.2 Å². The Kier molecular flexibility index (Phi) is 7.76. The van der Waals surface area contributed by atoms with E-state index in [1.807, 2.05) is 13.8 Å². The van der Waals surface area contributed by atoms with Crippen LogP contribution in [0, 0.1) is 11.8 Å². The van der Waals surface area contributed by atoms with Crippen LogP contribution in [0.4, 0.5) is 11.4 Å². The maximum atomic E-state index is 12.8. The van der Waals surface area contributed by atoms with Crippen LogP contribution in [-0.2, 0) is 14.3 Å². The molecule has 1 saturated carbocycles. The van der Waals surface area contributed by atoms with Crippen molar-refractivity contribution in [3.05, 3.63) is 42.0 Å². The molecular weight excluding hydrogens is 428 g/mol.